The molecule has 0 saturated heterocycles. The largest absolute Gasteiger partial charge is 0.497 e. The lowest BCUT2D eigenvalue weighted by Crippen LogP contribution is -2.13. The van der Waals surface area contributed by atoms with E-state index in [9.17, 15) is 4.79 Å². The van der Waals surface area contributed by atoms with E-state index in [0.717, 1.165) is 40.2 Å². The first kappa shape index (κ1) is 20.6. The number of thiophene rings is 1. The number of aromatic nitrogens is 2. The van der Waals surface area contributed by atoms with E-state index in [1.54, 1.807) is 25.4 Å². The molecule has 2 heterocycles. The van der Waals surface area contributed by atoms with Crippen molar-refractivity contribution in [2.75, 3.05) is 19.0 Å². The number of carbonyl (C=O) groups is 1. The van der Waals surface area contributed by atoms with E-state index in [-0.39, 0.29) is 6.61 Å². The van der Waals surface area contributed by atoms with E-state index in [0.29, 0.717) is 12.4 Å². The molecule has 0 radical (unpaired) electrons. The topological polar surface area (TPSA) is 93.6 Å². The number of aliphatic carboxylic acids is 1. The highest BCUT2D eigenvalue weighted by Gasteiger charge is 2.23. The van der Waals surface area contributed by atoms with E-state index in [4.69, 9.17) is 24.5 Å². The first-order valence-corrected chi connectivity index (χ1v) is 10.9. The van der Waals surface area contributed by atoms with Gasteiger partial charge < -0.3 is 19.9 Å². The van der Waals surface area contributed by atoms with Crippen LogP contribution in [0.5, 0.6) is 5.75 Å². The standard InChI is InChI=1S/C22H25N3O4S/c1-13(29-12-18(26)27)20-24-21(23-11-14-7-9-15(28-2)10-8-14)19-16-5-3-4-6-17(16)30-22(19)25-20/h7-10,13H,3-6,11-12H2,1-2H3,(H,26,27)(H,23,24,25). The second-order valence-electron chi connectivity index (χ2n) is 7.37. The Morgan fingerprint density at radius 3 is 2.73 bits per heavy atom. The fourth-order valence-corrected chi connectivity index (χ4v) is 4.95. The van der Waals surface area contributed by atoms with Gasteiger partial charge in [0.25, 0.3) is 0 Å². The molecule has 1 aromatic carbocycles. The SMILES string of the molecule is COc1ccc(CNc2nc(C(C)OCC(=O)O)nc3sc4c(c23)CCCC4)cc1. The number of carboxylic acid groups (broad SMARTS) is 1. The molecule has 2 N–H and O–H groups in total. The summed E-state index contributed by atoms with van der Waals surface area (Å²) in [5.41, 5.74) is 2.47. The number of carboxylic acids is 1. The number of anilines is 1. The van der Waals surface area contributed by atoms with E-state index < -0.39 is 12.1 Å². The molecule has 0 bridgehead atoms. The number of nitrogens with one attached hydrogen (secondary N) is 1. The molecular weight excluding hydrogens is 402 g/mol. The Bertz CT molecular complexity index is 1050. The van der Waals surface area contributed by atoms with Crippen LogP contribution in [0.15, 0.2) is 24.3 Å². The Balaban J connectivity index is 1.66. The first-order valence-electron chi connectivity index (χ1n) is 10.1. The molecule has 0 saturated carbocycles. The summed E-state index contributed by atoms with van der Waals surface area (Å²) in [6, 6.07) is 7.91. The van der Waals surface area contributed by atoms with Crippen LogP contribution in [0.3, 0.4) is 0 Å². The molecule has 158 valence electrons. The number of methoxy groups -OCH3 is 1. The van der Waals surface area contributed by atoms with Crippen molar-refractivity contribution in [2.24, 2.45) is 0 Å². The van der Waals surface area contributed by atoms with Gasteiger partial charge in [0, 0.05) is 11.4 Å². The number of hydrogen-bond acceptors (Lipinski definition) is 7. The second-order valence-corrected chi connectivity index (χ2v) is 8.45. The van der Waals surface area contributed by atoms with Gasteiger partial charge in [-0.25, -0.2) is 14.8 Å². The van der Waals surface area contributed by atoms with E-state index in [2.05, 4.69) is 5.32 Å². The van der Waals surface area contributed by atoms with Crippen molar-refractivity contribution in [3.05, 3.63) is 46.1 Å². The Morgan fingerprint density at radius 2 is 2.00 bits per heavy atom. The zero-order chi connectivity index (χ0) is 21.1. The fraction of sp³-hybridized carbons (Fsp3) is 0.409. The molecule has 1 unspecified atom stereocenters. The molecule has 0 aliphatic heterocycles. The molecule has 2 aromatic heterocycles. The van der Waals surface area contributed by atoms with Crippen molar-refractivity contribution in [3.63, 3.8) is 0 Å². The lowest BCUT2D eigenvalue weighted by atomic mass is 9.97. The van der Waals surface area contributed by atoms with Crippen LogP contribution in [0.2, 0.25) is 0 Å². The van der Waals surface area contributed by atoms with Crippen molar-refractivity contribution < 1.29 is 19.4 Å². The summed E-state index contributed by atoms with van der Waals surface area (Å²) in [5, 5.41) is 13.5. The third-order valence-corrected chi connectivity index (χ3v) is 6.46. The predicted molar refractivity (Wildman–Crippen MR) is 116 cm³/mol. The molecule has 8 heteroatoms. The van der Waals surface area contributed by atoms with Gasteiger partial charge in [-0.05, 0) is 55.9 Å². The molecule has 3 aromatic rings. The number of ether oxygens (including phenoxy) is 2. The smallest absolute Gasteiger partial charge is 0.329 e. The van der Waals surface area contributed by atoms with Crippen LogP contribution >= 0.6 is 11.3 Å². The van der Waals surface area contributed by atoms with Crippen molar-refractivity contribution >= 4 is 33.3 Å². The minimum Gasteiger partial charge on any atom is -0.497 e. The van der Waals surface area contributed by atoms with E-state index in [1.807, 2.05) is 24.3 Å². The van der Waals surface area contributed by atoms with Gasteiger partial charge in [-0.1, -0.05) is 12.1 Å². The third-order valence-electron chi connectivity index (χ3n) is 5.27. The second kappa shape index (κ2) is 8.97. The quantitative estimate of drug-likeness (QED) is 0.552. The minimum absolute atomic E-state index is 0.377. The molecule has 4 rings (SSSR count). The molecule has 7 nitrogen and oxygen atoms in total. The summed E-state index contributed by atoms with van der Waals surface area (Å²) >= 11 is 1.72. The highest BCUT2D eigenvalue weighted by Crippen LogP contribution is 2.39. The Labute approximate surface area is 179 Å². The molecule has 0 fully saturated rings. The highest BCUT2D eigenvalue weighted by atomic mass is 32.1. The zero-order valence-corrected chi connectivity index (χ0v) is 17.9. The Hall–Kier alpha value is -2.71. The van der Waals surface area contributed by atoms with Crippen molar-refractivity contribution in [2.45, 2.75) is 45.3 Å². The summed E-state index contributed by atoms with van der Waals surface area (Å²) in [6.07, 6.45) is 3.99. The van der Waals surface area contributed by atoms with Crippen LogP contribution in [0.4, 0.5) is 5.82 Å². The average molecular weight is 428 g/mol. The highest BCUT2D eigenvalue weighted by molar-refractivity contribution is 7.19. The maximum atomic E-state index is 10.9. The molecule has 0 amide bonds. The summed E-state index contributed by atoms with van der Waals surface area (Å²) < 4.78 is 10.7. The van der Waals surface area contributed by atoms with Crippen molar-refractivity contribution in [3.8, 4) is 5.75 Å². The molecule has 0 spiro atoms. The molecule has 1 atom stereocenters. The zero-order valence-electron chi connectivity index (χ0n) is 17.1. The molecule has 1 aliphatic carbocycles. The van der Waals surface area contributed by atoms with Crippen molar-refractivity contribution in [1.29, 1.82) is 0 Å². The van der Waals surface area contributed by atoms with Crippen LogP contribution in [0.1, 0.15) is 47.7 Å². The lowest BCUT2D eigenvalue weighted by Gasteiger charge is -2.15. The van der Waals surface area contributed by atoms with Crippen LogP contribution in [0.25, 0.3) is 10.2 Å². The van der Waals surface area contributed by atoms with Gasteiger partial charge >= 0.3 is 5.97 Å². The van der Waals surface area contributed by atoms with Crippen molar-refractivity contribution in [1.82, 2.24) is 9.97 Å². The van der Waals surface area contributed by atoms with Crippen LogP contribution in [-0.4, -0.2) is 34.8 Å². The predicted octanol–water partition coefficient (Wildman–Crippen LogP) is 4.35. The summed E-state index contributed by atoms with van der Waals surface area (Å²) in [7, 11) is 1.65. The van der Waals surface area contributed by atoms with E-state index in [1.165, 1.54) is 23.3 Å². The van der Waals surface area contributed by atoms with E-state index >= 15 is 0 Å². The first-order chi connectivity index (χ1) is 14.5. The van der Waals surface area contributed by atoms with Gasteiger partial charge in [-0.15, -0.1) is 11.3 Å². The average Bonchev–Trinajstić information content (AvgIpc) is 3.14. The molecule has 30 heavy (non-hydrogen) atoms. The Morgan fingerprint density at radius 1 is 1.23 bits per heavy atom. The number of nitrogens with zero attached hydrogens (tertiary/aromatic N) is 2. The normalized spacial score (nSPS) is 14.3. The maximum Gasteiger partial charge on any atom is 0.329 e. The summed E-state index contributed by atoms with van der Waals surface area (Å²) in [6.45, 7) is 2.02. The minimum atomic E-state index is -1.01. The maximum absolute atomic E-state index is 10.9. The number of rotatable bonds is 8. The molecule has 1 aliphatic rings. The van der Waals surface area contributed by atoms with Gasteiger partial charge in [-0.2, -0.15) is 0 Å². The monoisotopic (exact) mass is 427 g/mol. The van der Waals surface area contributed by atoms with Gasteiger partial charge in [0.15, 0.2) is 5.82 Å². The lowest BCUT2D eigenvalue weighted by molar-refractivity contribution is -0.144. The van der Waals surface area contributed by atoms with Gasteiger partial charge in [0.2, 0.25) is 0 Å². The number of hydrogen-bond donors (Lipinski definition) is 2. The Kier molecular flexibility index (Phi) is 6.15. The summed E-state index contributed by atoms with van der Waals surface area (Å²) in [4.78, 5) is 22.7. The van der Waals surface area contributed by atoms with Gasteiger partial charge in [0.05, 0.1) is 12.5 Å². The van der Waals surface area contributed by atoms with Crippen LogP contribution in [-0.2, 0) is 28.9 Å². The number of aryl methyl sites for hydroxylation is 2. The van der Waals surface area contributed by atoms with Gasteiger partial charge in [-0.3, -0.25) is 0 Å². The fourth-order valence-electron chi connectivity index (χ4n) is 3.68. The van der Waals surface area contributed by atoms with Crippen LogP contribution < -0.4 is 10.1 Å². The molecular formula is C22H25N3O4S. The number of fused-ring (bicyclic) bond motifs is 3. The summed E-state index contributed by atoms with van der Waals surface area (Å²) in [5.74, 6) is 1.10. The van der Waals surface area contributed by atoms with Crippen LogP contribution in [0, 0.1) is 0 Å². The number of benzene rings is 1. The third kappa shape index (κ3) is 4.39. The van der Waals surface area contributed by atoms with Gasteiger partial charge in [0.1, 0.15) is 29.1 Å².